The highest BCUT2D eigenvalue weighted by atomic mass is 16.4. The third-order valence-electron chi connectivity index (χ3n) is 3.20. The van der Waals surface area contributed by atoms with E-state index in [1.807, 2.05) is 25.7 Å². The summed E-state index contributed by atoms with van der Waals surface area (Å²) in [5.41, 5.74) is -0.0582. The maximum Gasteiger partial charge on any atom is 0.303 e. The Morgan fingerprint density at radius 3 is 2.28 bits per heavy atom. The van der Waals surface area contributed by atoms with E-state index in [2.05, 4.69) is 5.32 Å². The number of aliphatic carboxylic acids is 1. The molecule has 0 bridgehead atoms. The quantitative estimate of drug-likeness (QED) is 0.790. The van der Waals surface area contributed by atoms with Crippen LogP contribution in [-0.4, -0.2) is 47.1 Å². The Labute approximate surface area is 109 Å². The van der Waals surface area contributed by atoms with Gasteiger partial charge in [-0.1, -0.05) is 0 Å². The number of piperidine rings is 1. The van der Waals surface area contributed by atoms with Crippen LogP contribution in [0.3, 0.4) is 0 Å². The van der Waals surface area contributed by atoms with Crippen molar-refractivity contribution < 1.29 is 14.7 Å². The van der Waals surface area contributed by atoms with E-state index in [0.717, 1.165) is 12.8 Å². The Morgan fingerprint density at radius 1 is 1.28 bits per heavy atom. The number of carboxylic acids is 1. The molecule has 5 heteroatoms. The molecule has 0 aromatic carbocycles. The van der Waals surface area contributed by atoms with Crippen LogP contribution < -0.4 is 5.32 Å². The van der Waals surface area contributed by atoms with Crippen LogP contribution in [0.15, 0.2) is 0 Å². The van der Waals surface area contributed by atoms with Gasteiger partial charge in [-0.25, -0.2) is 0 Å². The minimum Gasteiger partial charge on any atom is -0.481 e. The summed E-state index contributed by atoms with van der Waals surface area (Å²) in [5, 5.41) is 11.9. The molecular weight excluding hydrogens is 232 g/mol. The molecule has 1 amide bonds. The number of nitrogens with zero attached hydrogens (tertiary/aromatic N) is 1. The lowest BCUT2D eigenvalue weighted by Gasteiger charge is -2.32. The van der Waals surface area contributed by atoms with Crippen LogP contribution in [0, 0.1) is 5.92 Å². The van der Waals surface area contributed by atoms with Crippen LogP contribution in [0.25, 0.3) is 0 Å². The Kier molecular flexibility index (Phi) is 5.14. The molecule has 0 aromatic rings. The second-order valence-electron chi connectivity index (χ2n) is 6.03. The lowest BCUT2D eigenvalue weighted by molar-refractivity contribution is -0.138. The molecule has 1 aliphatic heterocycles. The van der Waals surface area contributed by atoms with Gasteiger partial charge in [-0.05, 0) is 39.5 Å². The van der Waals surface area contributed by atoms with Gasteiger partial charge < -0.3 is 15.3 Å². The highest BCUT2D eigenvalue weighted by molar-refractivity contribution is 5.78. The van der Waals surface area contributed by atoms with Crippen LogP contribution in [0.5, 0.6) is 0 Å². The molecule has 0 saturated carbocycles. The molecule has 1 aliphatic rings. The summed E-state index contributed by atoms with van der Waals surface area (Å²) in [4.78, 5) is 24.4. The average molecular weight is 256 g/mol. The first-order valence-corrected chi connectivity index (χ1v) is 6.52. The van der Waals surface area contributed by atoms with Gasteiger partial charge in [-0.3, -0.25) is 9.59 Å². The summed E-state index contributed by atoms with van der Waals surface area (Å²) in [6.45, 7) is 7.80. The second kappa shape index (κ2) is 6.18. The molecule has 1 rings (SSSR count). The predicted molar refractivity (Wildman–Crippen MR) is 69.3 cm³/mol. The molecule has 0 radical (unpaired) electrons. The van der Waals surface area contributed by atoms with E-state index < -0.39 is 5.97 Å². The monoisotopic (exact) mass is 256 g/mol. The second-order valence-corrected chi connectivity index (χ2v) is 6.03. The van der Waals surface area contributed by atoms with Gasteiger partial charge in [-0.2, -0.15) is 0 Å². The molecule has 5 nitrogen and oxygen atoms in total. The van der Waals surface area contributed by atoms with Gasteiger partial charge in [0.1, 0.15) is 0 Å². The van der Waals surface area contributed by atoms with Crippen LogP contribution in [0.4, 0.5) is 0 Å². The van der Waals surface area contributed by atoms with E-state index in [1.54, 1.807) is 0 Å². The highest BCUT2D eigenvalue weighted by Gasteiger charge is 2.24. The number of carboxylic acid groups (broad SMARTS) is 1. The highest BCUT2D eigenvalue weighted by Crippen LogP contribution is 2.20. The molecule has 0 aromatic heterocycles. The van der Waals surface area contributed by atoms with Crippen LogP contribution in [0.2, 0.25) is 0 Å². The van der Waals surface area contributed by atoms with Crippen molar-refractivity contribution in [2.75, 3.05) is 19.6 Å². The Balaban J connectivity index is 2.29. The zero-order chi connectivity index (χ0) is 13.8. The van der Waals surface area contributed by atoms with E-state index >= 15 is 0 Å². The van der Waals surface area contributed by atoms with Crippen LogP contribution >= 0.6 is 0 Å². The van der Waals surface area contributed by atoms with Gasteiger partial charge >= 0.3 is 5.97 Å². The molecule has 0 unspecified atom stereocenters. The standard InChI is InChI=1S/C13H24N2O3/c1-13(2,3)14-9-11(16)15-6-4-10(5-7-15)8-12(17)18/h10,14H,4-9H2,1-3H3,(H,17,18). The summed E-state index contributed by atoms with van der Waals surface area (Å²) < 4.78 is 0. The summed E-state index contributed by atoms with van der Waals surface area (Å²) in [6.07, 6.45) is 1.82. The minimum atomic E-state index is -0.742. The fourth-order valence-corrected chi connectivity index (χ4v) is 2.09. The molecule has 104 valence electrons. The molecule has 0 spiro atoms. The fourth-order valence-electron chi connectivity index (χ4n) is 2.09. The molecule has 0 atom stereocenters. The summed E-state index contributed by atoms with van der Waals surface area (Å²) in [7, 11) is 0. The van der Waals surface area contributed by atoms with Gasteiger partial charge in [0.05, 0.1) is 6.54 Å². The number of hydrogen-bond acceptors (Lipinski definition) is 3. The van der Waals surface area contributed by atoms with Gasteiger partial charge in [0.25, 0.3) is 0 Å². The molecule has 1 fully saturated rings. The van der Waals surface area contributed by atoms with Crippen molar-refractivity contribution in [2.24, 2.45) is 5.92 Å². The SMILES string of the molecule is CC(C)(C)NCC(=O)N1CCC(CC(=O)O)CC1. The minimum absolute atomic E-state index is 0.0582. The Morgan fingerprint density at radius 2 is 1.83 bits per heavy atom. The van der Waals surface area contributed by atoms with Crippen molar-refractivity contribution in [3.63, 3.8) is 0 Å². The van der Waals surface area contributed by atoms with E-state index in [1.165, 1.54) is 0 Å². The number of hydrogen-bond donors (Lipinski definition) is 2. The number of amides is 1. The summed E-state index contributed by atoms with van der Waals surface area (Å²) in [5.74, 6) is -0.407. The summed E-state index contributed by atoms with van der Waals surface area (Å²) in [6, 6.07) is 0. The van der Waals surface area contributed by atoms with E-state index in [-0.39, 0.29) is 23.8 Å². The lowest BCUT2D eigenvalue weighted by Crippen LogP contribution is -2.47. The third-order valence-corrected chi connectivity index (χ3v) is 3.20. The van der Waals surface area contributed by atoms with Crippen molar-refractivity contribution in [3.8, 4) is 0 Å². The first kappa shape index (κ1) is 15.0. The topological polar surface area (TPSA) is 69.6 Å². The number of rotatable bonds is 4. The van der Waals surface area contributed by atoms with Gasteiger partial charge in [0, 0.05) is 25.0 Å². The number of likely N-dealkylation sites (tertiary alicyclic amines) is 1. The number of nitrogens with one attached hydrogen (secondary N) is 1. The van der Waals surface area contributed by atoms with E-state index in [9.17, 15) is 9.59 Å². The summed E-state index contributed by atoms with van der Waals surface area (Å²) >= 11 is 0. The largest absolute Gasteiger partial charge is 0.481 e. The number of carbonyl (C=O) groups excluding carboxylic acids is 1. The van der Waals surface area contributed by atoms with Crippen LogP contribution in [-0.2, 0) is 9.59 Å². The maximum absolute atomic E-state index is 11.9. The molecular formula is C13H24N2O3. The van der Waals surface area contributed by atoms with Gasteiger partial charge in [0.2, 0.25) is 5.91 Å². The molecule has 0 aliphatic carbocycles. The first-order valence-electron chi connectivity index (χ1n) is 6.52. The van der Waals surface area contributed by atoms with Crippen LogP contribution in [0.1, 0.15) is 40.0 Å². The third kappa shape index (κ3) is 5.49. The molecule has 18 heavy (non-hydrogen) atoms. The molecule has 1 saturated heterocycles. The van der Waals surface area contributed by atoms with Gasteiger partial charge in [-0.15, -0.1) is 0 Å². The molecule has 1 heterocycles. The molecule has 2 N–H and O–H groups in total. The zero-order valence-corrected chi connectivity index (χ0v) is 11.5. The zero-order valence-electron chi connectivity index (χ0n) is 11.5. The van der Waals surface area contributed by atoms with Crippen molar-refractivity contribution in [2.45, 2.75) is 45.6 Å². The first-order chi connectivity index (χ1) is 8.28. The maximum atomic E-state index is 11.9. The van der Waals surface area contributed by atoms with Gasteiger partial charge in [0.15, 0.2) is 0 Å². The lowest BCUT2D eigenvalue weighted by atomic mass is 9.93. The smallest absolute Gasteiger partial charge is 0.303 e. The Bertz CT molecular complexity index is 302. The van der Waals surface area contributed by atoms with Crippen molar-refractivity contribution in [1.29, 1.82) is 0 Å². The normalized spacial score (nSPS) is 17.8. The van der Waals surface area contributed by atoms with Crippen molar-refractivity contribution in [1.82, 2.24) is 10.2 Å². The van der Waals surface area contributed by atoms with E-state index in [4.69, 9.17) is 5.11 Å². The number of carbonyl (C=O) groups is 2. The average Bonchev–Trinajstić information content (AvgIpc) is 2.25. The van der Waals surface area contributed by atoms with Crippen molar-refractivity contribution >= 4 is 11.9 Å². The van der Waals surface area contributed by atoms with E-state index in [0.29, 0.717) is 19.6 Å². The van der Waals surface area contributed by atoms with Crippen molar-refractivity contribution in [3.05, 3.63) is 0 Å². The fraction of sp³-hybridized carbons (Fsp3) is 0.846. The predicted octanol–water partition coefficient (Wildman–Crippen LogP) is 1.09. The Hall–Kier alpha value is -1.10.